The first-order valence-electron chi connectivity index (χ1n) is 8.05. The second kappa shape index (κ2) is 7.49. The second-order valence-electron chi connectivity index (χ2n) is 6.87. The summed E-state index contributed by atoms with van der Waals surface area (Å²) in [5.74, 6) is 0. The van der Waals surface area contributed by atoms with E-state index in [9.17, 15) is 9.90 Å². The maximum atomic E-state index is 11.8. The van der Waals surface area contributed by atoms with Crippen molar-refractivity contribution in [1.29, 1.82) is 0 Å². The molecule has 2 rings (SSSR count). The van der Waals surface area contributed by atoms with Gasteiger partial charge < -0.3 is 15.2 Å². The van der Waals surface area contributed by atoms with Crippen molar-refractivity contribution in [3.05, 3.63) is 70.8 Å². The number of amides is 1. The quantitative estimate of drug-likeness (QED) is 0.889. The van der Waals surface area contributed by atoms with Crippen molar-refractivity contribution in [2.24, 2.45) is 0 Å². The first kappa shape index (κ1) is 18.0. The van der Waals surface area contributed by atoms with Crippen LogP contribution in [0, 0.1) is 6.92 Å². The zero-order valence-corrected chi connectivity index (χ0v) is 14.7. The number of nitrogens with one attached hydrogen (secondary N) is 1. The van der Waals surface area contributed by atoms with Crippen LogP contribution in [0.3, 0.4) is 0 Å². The molecule has 1 atom stereocenters. The van der Waals surface area contributed by atoms with Crippen LogP contribution in [0.5, 0.6) is 0 Å². The highest BCUT2D eigenvalue weighted by atomic mass is 16.6. The zero-order chi connectivity index (χ0) is 17.7. The topological polar surface area (TPSA) is 58.6 Å². The molecule has 2 N–H and O–H groups in total. The summed E-state index contributed by atoms with van der Waals surface area (Å²) >= 11 is 0. The molecule has 4 nitrogen and oxygen atoms in total. The standard InChI is InChI=1S/C20H25NO3/c1-14-9-11-15(12-10-14)18(22)17-8-6-5-7-16(17)13-21-19(23)24-20(2,3)4/h5-12,18,22H,13H2,1-4H3,(H,21,23). The normalized spacial score (nSPS) is 12.5. The molecular formula is C20H25NO3. The number of hydrogen-bond acceptors (Lipinski definition) is 3. The molecular weight excluding hydrogens is 302 g/mol. The maximum Gasteiger partial charge on any atom is 0.407 e. The van der Waals surface area contributed by atoms with Crippen LogP contribution in [0.15, 0.2) is 48.5 Å². The lowest BCUT2D eigenvalue weighted by atomic mass is 9.96. The predicted molar refractivity (Wildman–Crippen MR) is 94.8 cm³/mol. The Morgan fingerprint density at radius 2 is 1.75 bits per heavy atom. The number of alkyl carbamates (subject to hydrolysis) is 1. The van der Waals surface area contributed by atoms with Crippen molar-refractivity contribution >= 4 is 6.09 Å². The van der Waals surface area contributed by atoms with Gasteiger partial charge in [0.1, 0.15) is 11.7 Å². The number of aliphatic hydroxyl groups is 1. The summed E-state index contributed by atoms with van der Waals surface area (Å²) in [5.41, 5.74) is 3.07. The third kappa shape index (κ3) is 5.10. The van der Waals surface area contributed by atoms with Crippen molar-refractivity contribution < 1.29 is 14.6 Å². The first-order valence-corrected chi connectivity index (χ1v) is 8.05. The molecule has 0 aliphatic rings. The van der Waals surface area contributed by atoms with Gasteiger partial charge in [-0.3, -0.25) is 0 Å². The maximum absolute atomic E-state index is 11.8. The van der Waals surface area contributed by atoms with Crippen LogP contribution < -0.4 is 5.32 Å². The molecule has 1 unspecified atom stereocenters. The average molecular weight is 327 g/mol. The van der Waals surface area contributed by atoms with E-state index in [0.29, 0.717) is 6.54 Å². The molecule has 2 aromatic carbocycles. The van der Waals surface area contributed by atoms with E-state index in [1.807, 2.05) is 76.2 Å². The number of benzene rings is 2. The molecule has 0 heterocycles. The zero-order valence-electron chi connectivity index (χ0n) is 14.7. The van der Waals surface area contributed by atoms with Gasteiger partial charge in [-0.15, -0.1) is 0 Å². The number of rotatable bonds is 4. The number of aliphatic hydroxyl groups excluding tert-OH is 1. The Hall–Kier alpha value is -2.33. The first-order chi connectivity index (χ1) is 11.3. The Bertz CT molecular complexity index is 687. The Morgan fingerprint density at radius 1 is 1.12 bits per heavy atom. The van der Waals surface area contributed by atoms with Crippen LogP contribution in [0.25, 0.3) is 0 Å². The van der Waals surface area contributed by atoms with Crippen LogP contribution in [0.2, 0.25) is 0 Å². The smallest absolute Gasteiger partial charge is 0.407 e. The van der Waals surface area contributed by atoms with Gasteiger partial charge in [-0.2, -0.15) is 0 Å². The van der Waals surface area contributed by atoms with Crippen LogP contribution in [0.1, 0.15) is 49.1 Å². The number of hydrogen-bond donors (Lipinski definition) is 2. The third-order valence-electron chi connectivity index (χ3n) is 3.56. The van der Waals surface area contributed by atoms with Crippen molar-refractivity contribution in [3.8, 4) is 0 Å². The van der Waals surface area contributed by atoms with E-state index < -0.39 is 17.8 Å². The van der Waals surface area contributed by atoms with Gasteiger partial charge in [0.2, 0.25) is 0 Å². The molecule has 0 aliphatic heterocycles. The summed E-state index contributed by atoms with van der Waals surface area (Å²) in [6.07, 6.45) is -1.20. The molecule has 0 aromatic heterocycles. The molecule has 0 aliphatic carbocycles. The summed E-state index contributed by atoms with van der Waals surface area (Å²) in [4.78, 5) is 11.8. The minimum absolute atomic E-state index is 0.300. The highest BCUT2D eigenvalue weighted by Crippen LogP contribution is 2.25. The molecule has 128 valence electrons. The van der Waals surface area contributed by atoms with Gasteiger partial charge in [-0.1, -0.05) is 54.1 Å². The Kier molecular flexibility index (Phi) is 5.62. The Morgan fingerprint density at radius 3 is 2.38 bits per heavy atom. The minimum atomic E-state index is -0.734. The van der Waals surface area contributed by atoms with E-state index in [-0.39, 0.29) is 0 Å². The third-order valence-corrected chi connectivity index (χ3v) is 3.56. The summed E-state index contributed by atoms with van der Waals surface area (Å²) in [6.45, 7) is 7.77. The van der Waals surface area contributed by atoms with Crippen LogP contribution in [-0.2, 0) is 11.3 Å². The molecule has 0 radical (unpaired) electrons. The predicted octanol–water partition coefficient (Wildman–Crippen LogP) is 4.10. The van der Waals surface area contributed by atoms with Crippen molar-refractivity contribution in [1.82, 2.24) is 5.32 Å². The van der Waals surface area contributed by atoms with Crippen molar-refractivity contribution in [3.63, 3.8) is 0 Å². The summed E-state index contributed by atoms with van der Waals surface area (Å²) in [5, 5.41) is 13.4. The van der Waals surface area contributed by atoms with Gasteiger partial charge in [0.15, 0.2) is 0 Å². The molecule has 24 heavy (non-hydrogen) atoms. The number of carbonyl (C=O) groups is 1. The van der Waals surface area contributed by atoms with Crippen molar-refractivity contribution in [2.45, 2.75) is 45.9 Å². The summed E-state index contributed by atoms with van der Waals surface area (Å²) < 4.78 is 5.25. The fourth-order valence-electron chi connectivity index (χ4n) is 2.37. The van der Waals surface area contributed by atoms with E-state index in [0.717, 1.165) is 22.3 Å². The monoisotopic (exact) mass is 327 g/mol. The lowest BCUT2D eigenvalue weighted by Crippen LogP contribution is -2.32. The highest BCUT2D eigenvalue weighted by Gasteiger charge is 2.18. The molecule has 0 saturated carbocycles. The second-order valence-corrected chi connectivity index (χ2v) is 6.87. The highest BCUT2D eigenvalue weighted by molar-refractivity contribution is 5.67. The van der Waals surface area contributed by atoms with Gasteiger partial charge in [0.05, 0.1) is 0 Å². The summed E-state index contributed by atoms with van der Waals surface area (Å²) in [6, 6.07) is 15.3. The van der Waals surface area contributed by atoms with E-state index >= 15 is 0 Å². The van der Waals surface area contributed by atoms with E-state index in [1.165, 1.54) is 0 Å². The SMILES string of the molecule is Cc1ccc(C(O)c2ccccc2CNC(=O)OC(C)(C)C)cc1. The molecule has 4 heteroatoms. The van der Waals surface area contributed by atoms with Gasteiger partial charge in [0.25, 0.3) is 0 Å². The number of ether oxygens (including phenoxy) is 1. The number of aryl methyl sites for hydroxylation is 1. The van der Waals surface area contributed by atoms with Crippen LogP contribution in [-0.4, -0.2) is 16.8 Å². The van der Waals surface area contributed by atoms with Gasteiger partial charge >= 0.3 is 6.09 Å². The molecule has 0 fully saturated rings. The van der Waals surface area contributed by atoms with Gasteiger partial charge in [-0.05, 0) is 44.4 Å². The molecule has 1 amide bonds. The van der Waals surface area contributed by atoms with Crippen molar-refractivity contribution in [2.75, 3.05) is 0 Å². The largest absolute Gasteiger partial charge is 0.444 e. The van der Waals surface area contributed by atoms with E-state index in [1.54, 1.807) is 0 Å². The molecule has 0 saturated heterocycles. The van der Waals surface area contributed by atoms with Gasteiger partial charge in [0, 0.05) is 6.54 Å². The van der Waals surface area contributed by atoms with Crippen LogP contribution in [0.4, 0.5) is 4.79 Å². The minimum Gasteiger partial charge on any atom is -0.444 e. The average Bonchev–Trinajstić information content (AvgIpc) is 2.52. The molecule has 2 aromatic rings. The fourth-order valence-corrected chi connectivity index (χ4v) is 2.37. The van der Waals surface area contributed by atoms with Crippen LogP contribution >= 0.6 is 0 Å². The van der Waals surface area contributed by atoms with E-state index in [4.69, 9.17) is 4.74 Å². The Labute approximate surface area is 143 Å². The molecule has 0 bridgehead atoms. The Balaban J connectivity index is 2.12. The number of carbonyl (C=O) groups excluding carboxylic acids is 1. The fraction of sp³-hybridized carbons (Fsp3) is 0.350. The van der Waals surface area contributed by atoms with Gasteiger partial charge in [-0.25, -0.2) is 4.79 Å². The lowest BCUT2D eigenvalue weighted by Gasteiger charge is -2.21. The lowest BCUT2D eigenvalue weighted by molar-refractivity contribution is 0.0523. The molecule has 0 spiro atoms. The summed E-state index contributed by atoms with van der Waals surface area (Å²) in [7, 11) is 0. The van der Waals surface area contributed by atoms with E-state index in [2.05, 4.69) is 5.32 Å².